The number of piperazine rings is 1. The first-order valence-corrected chi connectivity index (χ1v) is 9.20. The monoisotopic (exact) mass is 346 g/mol. The van der Waals surface area contributed by atoms with Crippen LogP contribution in [0.5, 0.6) is 5.75 Å². The summed E-state index contributed by atoms with van der Waals surface area (Å²) in [7, 11) is -3.17. The van der Waals surface area contributed by atoms with E-state index in [0.717, 1.165) is 0 Å². The van der Waals surface area contributed by atoms with Crippen molar-refractivity contribution in [1.29, 1.82) is 0 Å². The van der Waals surface area contributed by atoms with Crippen LogP contribution in [-0.4, -0.2) is 62.6 Å². The summed E-state index contributed by atoms with van der Waals surface area (Å²) in [6, 6.07) is 7.00. The van der Waals surface area contributed by atoms with E-state index in [4.69, 9.17) is 16.3 Å². The first kappa shape index (κ1) is 17.1. The van der Waals surface area contributed by atoms with E-state index in [1.807, 2.05) is 0 Å². The van der Waals surface area contributed by atoms with Crippen LogP contribution in [0.25, 0.3) is 0 Å². The molecule has 1 fully saturated rings. The average molecular weight is 347 g/mol. The van der Waals surface area contributed by atoms with E-state index < -0.39 is 10.0 Å². The topological polar surface area (TPSA) is 66.9 Å². The van der Waals surface area contributed by atoms with Gasteiger partial charge in [0.05, 0.1) is 19.3 Å². The second kappa shape index (κ2) is 7.30. The van der Waals surface area contributed by atoms with E-state index in [9.17, 15) is 13.2 Å². The molecule has 0 atom stereocenters. The maximum Gasteiger partial charge on any atom is 0.226 e. The highest BCUT2D eigenvalue weighted by atomic mass is 35.5. The van der Waals surface area contributed by atoms with E-state index in [1.54, 1.807) is 29.2 Å². The van der Waals surface area contributed by atoms with Crippen LogP contribution in [0, 0.1) is 0 Å². The van der Waals surface area contributed by atoms with E-state index in [2.05, 4.69) is 0 Å². The summed E-state index contributed by atoms with van der Waals surface area (Å²) in [4.78, 5) is 13.7. The fourth-order valence-electron chi connectivity index (χ4n) is 2.24. The maximum atomic E-state index is 12.1. The highest BCUT2D eigenvalue weighted by Crippen LogP contribution is 2.17. The molecule has 0 aromatic heterocycles. The highest BCUT2D eigenvalue weighted by Gasteiger charge is 2.25. The summed E-state index contributed by atoms with van der Waals surface area (Å²) in [5, 5.41) is 0.584. The lowest BCUT2D eigenvalue weighted by atomic mass is 10.3. The first-order valence-electron chi connectivity index (χ1n) is 6.97. The number of sulfonamides is 1. The first-order chi connectivity index (χ1) is 10.4. The lowest BCUT2D eigenvalue weighted by Gasteiger charge is -2.33. The van der Waals surface area contributed by atoms with Gasteiger partial charge in [-0.2, -0.15) is 4.31 Å². The van der Waals surface area contributed by atoms with Crippen LogP contribution < -0.4 is 4.74 Å². The minimum Gasteiger partial charge on any atom is -0.493 e. The van der Waals surface area contributed by atoms with Gasteiger partial charge in [-0.15, -0.1) is 0 Å². The predicted molar refractivity (Wildman–Crippen MR) is 84.6 cm³/mol. The van der Waals surface area contributed by atoms with Crippen molar-refractivity contribution in [3.05, 3.63) is 29.3 Å². The van der Waals surface area contributed by atoms with Gasteiger partial charge in [0.2, 0.25) is 15.9 Å². The van der Waals surface area contributed by atoms with Gasteiger partial charge in [-0.1, -0.05) is 17.7 Å². The Morgan fingerprint density at radius 1 is 1.27 bits per heavy atom. The molecular formula is C14H19ClN2O4S. The summed E-state index contributed by atoms with van der Waals surface area (Å²) in [5.41, 5.74) is 0. The van der Waals surface area contributed by atoms with Crippen LogP contribution in [0.4, 0.5) is 0 Å². The lowest BCUT2D eigenvalue weighted by Crippen LogP contribution is -2.50. The van der Waals surface area contributed by atoms with Crippen LogP contribution in [0.2, 0.25) is 5.02 Å². The van der Waals surface area contributed by atoms with Gasteiger partial charge in [0.1, 0.15) is 5.75 Å². The van der Waals surface area contributed by atoms with Gasteiger partial charge >= 0.3 is 0 Å². The second-order valence-electron chi connectivity index (χ2n) is 5.10. The van der Waals surface area contributed by atoms with Crippen LogP contribution in [0.1, 0.15) is 6.42 Å². The zero-order chi connectivity index (χ0) is 16.2. The van der Waals surface area contributed by atoms with Crippen LogP contribution in [0.15, 0.2) is 24.3 Å². The zero-order valence-corrected chi connectivity index (χ0v) is 13.9. The van der Waals surface area contributed by atoms with Crippen LogP contribution in [-0.2, 0) is 14.8 Å². The number of benzene rings is 1. The van der Waals surface area contributed by atoms with E-state index in [-0.39, 0.29) is 18.9 Å². The molecule has 1 amide bonds. The number of amides is 1. The Bertz CT molecular complexity index is 627. The van der Waals surface area contributed by atoms with E-state index >= 15 is 0 Å². The van der Waals surface area contributed by atoms with Crippen molar-refractivity contribution in [3.8, 4) is 5.75 Å². The van der Waals surface area contributed by atoms with Crippen molar-refractivity contribution < 1.29 is 17.9 Å². The molecule has 1 aliphatic rings. The number of halogens is 1. The SMILES string of the molecule is CS(=O)(=O)N1CCN(C(=O)CCOc2cccc(Cl)c2)CC1. The van der Waals surface area contributed by atoms with Gasteiger partial charge in [-0.05, 0) is 18.2 Å². The molecule has 0 radical (unpaired) electrons. The molecule has 2 rings (SSSR count). The molecule has 0 N–H and O–H groups in total. The lowest BCUT2D eigenvalue weighted by molar-refractivity contribution is -0.132. The molecule has 1 aromatic carbocycles. The maximum absolute atomic E-state index is 12.1. The smallest absolute Gasteiger partial charge is 0.226 e. The Morgan fingerprint density at radius 3 is 2.55 bits per heavy atom. The average Bonchev–Trinajstić information content (AvgIpc) is 2.46. The van der Waals surface area contributed by atoms with Gasteiger partial charge < -0.3 is 9.64 Å². The van der Waals surface area contributed by atoms with Gasteiger partial charge in [0, 0.05) is 31.2 Å². The predicted octanol–water partition coefficient (Wildman–Crippen LogP) is 1.21. The molecule has 0 saturated carbocycles. The number of hydrogen-bond acceptors (Lipinski definition) is 4. The zero-order valence-electron chi connectivity index (χ0n) is 12.4. The highest BCUT2D eigenvalue weighted by molar-refractivity contribution is 7.88. The van der Waals surface area contributed by atoms with Crippen LogP contribution >= 0.6 is 11.6 Å². The summed E-state index contributed by atoms with van der Waals surface area (Å²) < 4.78 is 29.7. The number of carbonyl (C=O) groups excluding carboxylic acids is 1. The molecule has 0 unspecified atom stereocenters. The third kappa shape index (κ3) is 4.86. The van der Waals surface area contributed by atoms with E-state index in [1.165, 1.54) is 10.6 Å². The normalized spacial score (nSPS) is 16.5. The third-order valence-electron chi connectivity index (χ3n) is 3.44. The summed E-state index contributed by atoms with van der Waals surface area (Å²) >= 11 is 5.85. The molecule has 1 heterocycles. The Morgan fingerprint density at radius 2 is 1.95 bits per heavy atom. The van der Waals surface area contributed by atoms with Crippen molar-refractivity contribution in [2.45, 2.75) is 6.42 Å². The Balaban J connectivity index is 1.75. The molecule has 0 bridgehead atoms. The molecule has 8 heteroatoms. The van der Waals surface area contributed by atoms with Crippen molar-refractivity contribution >= 4 is 27.5 Å². The minimum atomic E-state index is -3.17. The van der Waals surface area contributed by atoms with Gasteiger partial charge in [0.25, 0.3) is 0 Å². The van der Waals surface area contributed by atoms with Crippen LogP contribution in [0.3, 0.4) is 0 Å². The molecule has 1 saturated heterocycles. The molecule has 0 aliphatic carbocycles. The second-order valence-corrected chi connectivity index (χ2v) is 7.52. The fourth-order valence-corrected chi connectivity index (χ4v) is 3.25. The molecule has 6 nitrogen and oxygen atoms in total. The summed E-state index contributed by atoms with van der Waals surface area (Å²) in [5.74, 6) is 0.595. The fraction of sp³-hybridized carbons (Fsp3) is 0.500. The number of carbonyl (C=O) groups is 1. The molecule has 122 valence electrons. The van der Waals surface area contributed by atoms with Crippen molar-refractivity contribution in [2.24, 2.45) is 0 Å². The van der Waals surface area contributed by atoms with Crippen molar-refractivity contribution in [2.75, 3.05) is 39.0 Å². The Kier molecular flexibility index (Phi) is 5.66. The Labute approximate surface area is 135 Å². The molecular weight excluding hydrogens is 328 g/mol. The van der Waals surface area contributed by atoms with Crippen molar-refractivity contribution in [3.63, 3.8) is 0 Å². The van der Waals surface area contributed by atoms with E-state index in [0.29, 0.717) is 37.0 Å². The Hall–Kier alpha value is -1.31. The van der Waals surface area contributed by atoms with Crippen molar-refractivity contribution in [1.82, 2.24) is 9.21 Å². The quantitative estimate of drug-likeness (QED) is 0.803. The van der Waals surface area contributed by atoms with Gasteiger partial charge in [0.15, 0.2) is 0 Å². The standard InChI is InChI=1S/C14H19ClN2O4S/c1-22(19,20)17-8-6-16(7-9-17)14(18)5-10-21-13-4-2-3-12(15)11-13/h2-4,11H,5-10H2,1H3. The van der Waals surface area contributed by atoms with Gasteiger partial charge in [-0.3, -0.25) is 4.79 Å². The minimum absolute atomic E-state index is 0.0322. The third-order valence-corrected chi connectivity index (χ3v) is 4.98. The number of rotatable bonds is 5. The molecule has 22 heavy (non-hydrogen) atoms. The molecule has 1 aromatic rings. The number of ether oxygens (including phenoxy) is 1. The summed E-state index contributed by atoms with van der Waals surface area (Å²) in [6.45, 7) is 1.80. The molecule has 0 spiro atoms. The van der Waals surface area contributed by atoms with Gasteiger partial charge in [-0.25, -0.2) is 8.42 Å². The molecule has 1 aliphatic heterocycles. The summed E-state index contributed by atoms with van der Waals surface area (Å²) in [6.07, 6.45) is 1.44. The number of hydrogen-bond donors (Lipinski definition) is 0. The number of nitrogens with zero attached hydrogens (tertiary/aromatic N) is 2. The largest absolute Gasteiger partial charge is 0.493 e.